The Hall–Kier alpha value is -0.370. The third-order valence-electron chi connectivity index (χ3n) is 2.75. The van der Waals surface area contributed by atoms with Crippen LogP contribution < -0.4 is 0 Å². The average Bonchev–Trinajstić information content (AvgIpc) is 2.85. The molecule has 1 rings (SSSR count). The van der Waals surface area contributed by atoms with Crippen LogP contribution in [0.25, 0.3) is 0 Å². The van der Waals surface area contributed by atoms with Gasteiger partial charge in [0.15, 0.2) is 0 Å². The second-order valence-electron chi connectivity index (χ2n) is 4.44. The van der Waals surface area contributed by atoms with Crippen molar-refractivity contribution in [3.8, 4) is 0 Å². The van der Waals surface area contributed by atoms with Crippen molar-refractivity contribution < 1.29 is 4.79 Å². The molecule has 2 heteroatoms. The molecule has 0 heterocycles. The first-order chi connectivity index (χ1) is 6.11. The van der Waals surface area contributed by atoms with Crippen molar-refractivity contribution in [2.45, 2.75) is 45.6 Å². The highest BCUT2D eigenvalue weighted by Gasteiger charge is 2.25. The summed E-state index contributed by atoms with van der Waals surface area (Å²) in [6.45, 7) is 5.04. The van der Waals surface area contributed by atoms with E-state index in [9.17, 15) is 4.79 Å². The molecule has 76 valence electrons. The summed E-state index contributed by atoms with van der Waals surface area (Å²) < 4.78 is 0. The van der Waals surface area contributed by atoms with Crippen molar-refractivity contribution in [3.05, 3.63) is 0 Å². The molecule has 0 saturated heterocycles. The van der Waals surface area contributed by atoms with Crippen LogP contribution in [0.4, 0.5) is 0 Å². The predicted octanol–water partition coefficient (Wildman–Crippen LogP) is 2.09. The van der Waals surface area contributed by atoms with E-state index < -0.39 is 0 Å². The van der Waals surface area contributed by atoms with Crippen molar-refractivity contribution in [3.63, 3.8) is 0 Å². The minimum absolute atomic E-state index is 0.214. The molecule has 0 amide bonds. The van der Waals surface area contributed by atoms with E-state index in [-0.39, 0.29) is 5.92 Å². The molecule has 0 spiro atoms. The Morgan fingerprint density at radius 3 is 2.54 bits per heavy atom. The van der Waals surface area contributed by atoms with E-state index in [0.29, 0.717) is 5.78 Å². The van der Waals surface area contributed by atoms with Crippen molar-refractivity contribution in [1.29, 1.82) is 0 Å². The zero-order chi connectivity index (χ0) is 9.84. The Kier molecular flexibility index (Phi) is 3.91. The van der Waals surface area contributed by atoms with Crippen molar-refractivity contribution in [2.75, 3.05) is 13.6 Å². The quantitative estimate of drug-likeness (QED) is 0.628. The van der Waals surface area contributed by atoms with Gasteiger partial charge in [-0.15, -0.1) is 0 Å². The molecule has 0 atom stereocenters. The van der Waals surface area contributed by atoms with Gasteiger partial charge >= 0.3 is 0 Å². The van der Waals surface area contributed by atoms with Gasteiger partial charge in [0.2, 0.25) is 0 Å². The molecule has 0 aromatic rings. The summed E-state index contributed by atoms with van der Waals surface area (Å²) in [5, 5.41) is 0. The van der Waals surface area contributed by atoms with E-state index in [2.05, 4.69) is 11.9 Å². The van der Waals surface area contributed by atoms with Gasteiger partial charge in [-0.2, -0.15) is 0 Å². The lowest BCUT2D eigenvalue weighted by molar-refractivity contribution is -0.122. The van der Waals surface area contributed by atoms with Gasteiger partial charge in [0, 0.05) is 18.4 Å². The molecule has 0 aliphatic heterocycles. The SMILES string of the molecule is CC(C)C(=O)CCCN(C)C1CC1. The third kappa shape index (κ3) is 3.90. The van der Waals surface area contributed by atoms with Crippen LogP contribution in [0.1, 0.15) is 39.5 Å². The van der Waals surface area contributed by atoms with Crippen LogP contribution in [0.15, 0.2) is 0 Å². The zero-order valence-electron chi connectivity index (χ0n) is 9.05. The standard InChI is InChI=1S/C11H21NO/c1-9(2)11(13)5-4-8-12(3)10-6-7-10/h9-10H,4-8H2,1-3H3. The lowest BCUT2D eigenvalue weighted by Gasteiger charge is -2.15. The Morgan fingerprint density at radius 2 is 2.08 bits per heavy atom. The van der Waals surface area contributed by atoms with Gasteiger partial charge < -0.3 is 4.90 Å². The highest BCUT2D eigenvalue weighted by molar-refractivity contribution is 5.80. The van der Waals surface area contributed by atoms with Crippen LogP contribution >= 0.6 is 0 Å². The Bertz CT molecular complexity index is 173. The number of hydrogen-bond donors (Lipinski definition) is 0. The maximum absolute atomic E-state index is 11.3. The first-order valence-corrected chi connectivity index (χ1v) is 5.34. The topological polar surface area (TPSA) is 20.3 Å². The number of hydrogen-bond acceptors (Lipinski definition) is 2. The number of ketones is 1. The van der Waals surface area contributed by atoms with Gasteiger partial charge in [-0.1, -0.05) is 13.8 Å². The van der Waals surface area contributed by atoms with E-state index in [1.807, 2.05) is 13.8 Å². The predicted molar refractivity (Wildman–Crippen MR) is 54.7 cm³/mol. The van der Waals surface area contributed by atoms with Crippen molar-refractivity contribution in [2.24, 2.45) is 5.92 Å². The zero-order valence-corrected chi connectivity index (χ0v) is 9.05. The van der Waals surface area contributed by atoms with Crippen LogP contribution in [-0.2, 0) is 4.79 Å². The Balaban J connectivity index is 2.02. The van der Waals surface area contributed by atoms with Gasteiger partial charge in [-0.25, -0.2) is 0 Å². The number of carbonyl (C=O) groups is 1. The van der Waals surface area contributed by atoms with Crippen LogP contribution in [0, 0.1) is 5.92 Å². The van der Waals surface area contributed by atoms with E-state index in [1.165, 1.54) is 12.8 Å². The molecule has 0 N–H and O–H groups in total. The van der Waals surface area contributed by atoms with E-state index in [4.69, 9.17) is 0 Å². The molecule has 13 heavy (non-hydrogen) atoms. The van der Waals surface area contributed by atoms with Gasteiger partial charge in [0.05, 0.1) is 0 Å². The number of carbonyl (C=O) groups excluding carboxylic acids is 1. The number of Topliss-reactive ketones (excluding diaryl/α,β-unsaturated/α-hetero) is 1. The normalized spacial score (nSPS) is 17.0. The smallest absolute Gasteiger partial charge is 0.135 e. The van der Waals surface area contributed by atoms with Gasteiger partial charge in [0.25, 0.3) is 0 Å². The number of rotatable bonds is 6. The van der Waals surface area contributed by atoms with Crippen LogP contribution in [-0.4, -0.2) is 30.3 Å². The first kappa shape index (κ1) is 10.7. The fourth-order valence-electron chi connectivity index (χ4n) is 1.49. The first-order valence-electron chi connectivity index (χ1n) is 5.34. The Labute approximate surface area is 81.3 Å². The van der Waals surface area contributed by atoms with Gasteiger partial charge in [-0.05, 0) is 32.9 Å². The average molecular weight is 183 g/mol. The monoisotopic (exact) mass is 183 g/mol. The molecule has 2 nitrogen and oxygen atoms in total. The summed E-state index contributed by atoms with van der Waals surface area (Å²) in [6, 6.07) is 0.828. The third-order valence-corrected chi connectivity index (χ3v) is 2.75. The summed E-state index contributed by atoms with van der Waals surface area (Å²) >= 11 is 0. The van der Waals surface area contributed by atoms with Gasteiger partial charge in [0.1, 0.15) is 5.78 Å². The molecule has 1 fully saturated rings. The van der Waals surface area contributed by atoms with Crippen molar-refractivity contribution >= 4 is 5.78 Å². The second-order valence-corrected chi connectivity index (χ2v) is 4.44. The summed E-state index contributed by atoms with van der Waals surface area (Å²) in [5.41, 5.74) is 0. The summed E-state index contributed by atoms with van der Waals surface area (Å²) in [7, 11) is 2.16. The highest BCUT2D eigenvalue weighted by Crippen LogP contribution is 2.25. The van der Waals surface area contributed by atoms with E-state index in [1.54, 1.807) is 0 Å². The lowest BCUT2D eigenvalue weighted by atomic mass is 10.0. The maximum Gasteiger partial charge on any atom is 0.135 e. The summed E-state index contributed by atoms with van der Waals surface area (Å²) in [4.78, 5) is 13.7. The highest BCUT2D eigenvalue weighted by atomic mass is 16.1. The van der Waals surface area contributed by atoms with Crippen molar-refractivity contribution in [1.82, 2.24) is 4.90 Å². The molecule has 1 aliphatic rings. The lowest BCUT2D eigenvalue weighted by Crippen LogP contribution is -2.22. The molecule has 0 aromatic heterocycles. The molecule has 0 bridgehead atoms. The minimum atomic E-state index is 0.214. The maximum atomic E-state index is 11.3. The van der Waals surface area contributed by atoms with Crippen LogP contribution in [0.5, 0.6) is 0 Å². The molecule has 0 unspecified atom stereocenters. The summed E-state index contributed by atoms with van der Waals surface area (Å²) in [5.74, 6) is 0.621. The van der Waals surface area contributed by atoms with Gasteiger partial charge in [-0.3, -0.25) is 4.79 Å². The Morgan fingerprint density at radius 1 is 1.46 bits per heavy atom. The molecular formula is C11H21NO. The largest absolute Gasteiger partial charge is 0.303 e. The van der Waals surface area contributed by atoms with E-state index in [0.717, 1.165) is 25.4 Å². The van der Waals surface area contributed by atoms with E-state index >= 15 is 0 Å². The molecular weight excluding hydrogens is 162 g/mol. The molecule has 1 saturated carbocycles. The molecule has 1 aliphatic carbocycles. The minimum Gasteiger partial charge on any atom is -0.303 e. The molecule has 0 aromatic carbocycles. The number of nitrogens with zero attached hydrogens (tertiary/aromatic N) is 1. The second kappa shape index (κ2) is 4.75. The molecule has 0 radical (unpaired) electrons. The summed E-state index contributed by atoms with van der Waals surface area (Å²) in [6.07, 6.45) is 4.50. The fourth-order valence-corrected chi connectivity index (χ4v) is 1.49. The van der Waals surface area contributed by atoms with Crippen LogP contribution in [0.2, 0.25) is 0 Å². The fraction of sp³-hybridized carbons (Fsp3) is 0.909. The van der Waals surface area contributed by atoms with Crippen LogP contribution in [0.3, 0.4) is 0 Å².